The molecule has 0 aliphatic carbocycles. The lowest BCUT2D eigenvalue weighted by Gasteiger charge is -2.10. The van der Waals surface area contributed by atoms with Gasteiger partial charge < -0.3 is 14.2 Å². The van der Waals surface area contributed by atoms with Gasteiger partial charge in [-0.1, -0.05) is 6.07 Å². The summed E-state index contributed by atoms with van der Waals surface area (Å²) in [5.41, 5.74) is 1.70. The number of nitrogens with zero attached hydrogens (tertiary/aromatic N) is 3. The van der Waals surface area contributed by atoms with E-state index in [1.807, 2.05) is 18.2 Å². The number of halogens is 2. The van der Waals surface area contributed by atoms with Gasteiger partial charge in [0.05, 0.1) is 18.5 Å². The number of aliphatic imine (C=N–C) groups is 1. The number of carbonyl (C=O) groups excluding carboxylic acids is 1. The summed E-state index contributed by atoms with van der Waals surface area (Å²) >= 11 is 1.39. The standard InChI is InChI=1S/C20H13F2N3O4S/c1-27-16-8-11(5-6-15(16)28-20(21)22)17-25-14(19(26)29-17)9-12-10-30-18(24-12)13-4-2-3-7-23-13/h2-10,20H,1H3. The number of ether oxygens (including phenoxy) is 3. The highest BCUT2D eigenvalue weighted by atomic mass is 32.1. The number of esters is 1. The fourth-order valence-electron chi connectivity index (χ4n) is 2.63. The minimum atomic E-state index is -2.99. The van der Waals surface area contributed by atoms with E-state index in [0.717, 1.165) is 5.69 Å². The van der Waals surface area contributed by atoms with E-state index in [9.17, 15) is 13.6 Å². The molecule has 0 radical (unpaired) electrons. The van der Waals surface area contributed by atoms with Gasteiger partial charge >= 0.3 is 12.6 Å². The molecule has 0 spiro atoms. The topological polar surface area (TPSA) is 82.9 Å². The molecule has 10 heteroatoms. The van der Waals surface area contributed by atoms with Crippen LogP contribution in [0, 0.1) is 0 Å². The minimum Gasteiger partial charge on any atom is -0.493 e. The van der Waals surface area contributed by atoms with E-state index >= 15 is 0 Å². The van der Waals surface area contributed by atoms with E-state index in [0.29, 0.717) is 16.3 Å². The number of rotatable bonds is 6. The number of methoxy groups -OCH3 is 1. The monoisotopic (exact) mass is 429 g/mol. The molecule has 3 heterocycles. The van der Waals surface area contributed by atoms with Crippen molar-refractivity contribution >= 4 is 29.3 Å². The van der Waals surface area contributed by atoms with E-state index in [2.05, 4.69) is 19.7 Å². The van der Waals surface area contributed by atoms with Gasteiger partial charge in [-0.3, -0.25) is 4.98 Å². The summed E-state index contributed by atoms with van der Waals surface area (Å²) in [6, 6.07) is 9.64. The molecule has 1 aliphatic heterocycles. The molecule has 0 saturated heterocycles. The Bertz CT molecular complexity index is 1150. The van der Waals surface area contributed by atoms with Crippen molar-refractivity contribution in [2.45, 2.75) is 6.61 Å². The highest BCUT2D eigenvalue weighted by Crippen LogP contribution is 2.31. The van der Waals surface area contributed by atoms with Crippen LogP contribution in [0.15, 0.2) is 58.7 Å². The lowest BCUT2D eigenvalue weighted by molar-refractivity contribution is -0.129. The molecule has 2 aromatic heterocycles. The highest BCUT2D eigenvalue weighted by molar-refractivity contribution is 7.13. The van der Waals surface area contributed by atoms with Crippen LogP contribution in [0.4, 0.5) is 8.78 Å². The zero-order chi connectivity index (χ0) is 21.1. The van der Waals surface area contributed by atoms with Crippen molar-refractivity contribution in [3.05, 3.63) is 64.9 Å². The van der Waals surface area contributed by atoms with Crippen LogP contribution in [-0.4, -0.2) is 35.6 Å². The Morgan fingerprint density at radius 2 is 2.07 bits per heavy atom. The molecule has 0 bridgehead atoms. The van der Waals surface area contributed by atoms with Crippen LogP contribution in [0.5, 0.6) is 11.5 Å². The molecule has 30 heavy (non-hydrogen) atoms. The normalized spacial score (nSPS) is 14.7. The van der Waals surface area contributed by atoms with Gasteiger partial charge in [0.1, 0.15) is 5.01 Å². The molecule has 0 unspecified atom stereocenters. The number of hydrogen-bond acceptors (Lipinski definition) is 8. The molecule has 1 aromatic carbocycles. The SMILES string of the molecule is COc1cc(C2=NC(=Cc3csc(-c4ccccn4)n3)C(=O)O2)ccc1OC(F)F. The summed E-state index contributed by atoms with van der Waals surface area (Å²) in [4.78, 5) is 25.1. The number of alkyl halides is 2. The summed E-state index contributed by atoms with van der Waals surface area (Å²) in [6.07, 6.45) is 3.18. The first kappa shape index (κ1) is 19.6. The third-order valence-electron chi connectivity index (χ3n) is 3.94. The maximum atomic E-state index is 12.5. The zero-order valence-electron chi connectivity index (χ0n) is 15.4. The van der Waals surface area contributed by atoms with Crippen molar-refractivity contribution in [1.29, 1.82) is 0 Å². The maximum absolute atomic E-state index is 12.5. The molecule has 1 aliphatic rings. The molecular formula is C20H13F2N3O4S. The van der Waals surface area contributed by atoms with E-state index in [-0.39, 0.29) is 23.1 Å². The van der Waals surface area contributed by atoms with Gasteiger partial charge in [0.25, 0.3) is 0 Å². The molecule has 7 nitrogen and oxygen atoms in total. The molecular weight excluding hydrogens is 416 g/mol. The van der Waals surface area contributed by atoms with E-state index < -0.39 is 12.6 Å². The van der Waals surface area contributed by atoms with Gasteiger partial charge in [0.15, 0.2) is 17.2 Å². The Morgan fingerprint density at radius 1 is 1.20 bits per heavy atom. The Balaban J connectivity index is 1.59. The van der Waals surface area contributed by atoms with Crippen LogP contribution in [0.3, 0.4) is 0 Å². The second kappa shape index (κ2) is 8.37. The van der Waals surface area contributed by atoms with Gasteiger partial charge in [-0.05, 0) is 36.4 Å². The van der Waals surface area contributed by atoms with Crippen molar-refractivity contribution in [1.82, 2.24) is 9.97 Å². The van der Waals surface area contributed by atoms with Crippen LogP contribution < -0.4 is 9.47 Å². The van der Waals surface area contributed by atoms with E-state index in [4.69, 9.17) is 9.47 Å². The number of thiazole rings is 1. The first-order valence-electron chi connectivity index (χ1n) is 8.56. The summed E-state index contributed by atoms with van der Waals surface area (Å²) in [7, 11) is 1.31. The number of aromatic nitrogens is 2. The predicted molar refractivity (Wildman–Crippen MR) is 106 cm³/mol. The van der Waals surface area contributed by atoms with Crippen molar-refractivity contribution in [2.75, 3.05) is 7.11 Å². The molecule has 0 fully saturated rings. The summed E-state index contributed by atoms with van der Waals surface area (Å²) in [5, 5.41) is 2.48. The van der Waals surface area contributed by atoms with Crippen molar-refractivity contribution in [2.24, 2.45) is 4.99 Å². The smallest absolute Gasteiger partial charge is 0.387 e. The summed E-state index contributed by atoms with van der Waals surface area (Å²) < 4.78 is 39.6. The van der Waals surface area contributed by atoms with Gasteiger partial charge in [0, 0.05) is 17.1 Å². The molecule has 0 N–H and O–H groups in total. The van der Waals surface area contributed by atoms with Crippen LogP contribution in [0.1, 0.15) is 11.3 Å². The molecule has 0 saturated carbocycles. The van der Waals surface area contributed by atoms with Crippen molar-refractivity contribution in [3.63, 3.8) is 0 Å². The predicted octanol–water partition coefficient (Wildman–Crippen LogP) is 4.16. The molecule has 3 aromatic rings. The van der Waals surface area contributed by atoms with Gasteiger partial charge in [-0.2, -0.15) is 8.78 Å². The lowest BCUT2D eigenvalue weighted by Crippen LogP contribution is -2.07. The van der Waals surface area contributed by atoms with Crippen LogP contribution in [-0.2, 0) is 9.53 Å². The Morgan fingerprint density at radius 3 is 2.80 bits per heavy atom. The van der Waals surface area contributed by atoms with Gasteiger partial charge in [-0.25, -0.2) is 14.8 Å². The minimum absolute atomic E-state index is 0.0216. The zero-order valence-corrected chi connectivity index (χ0v) is 16.2. The maximum Gasteiger partial charge on any atom is 0.387 e. The first-order valence-corrected chi connectivity index (χ1v) is 9.44. The summed E-state index contributed by atoms with van der Waals surface area (Å²) in [6.45, 7) is -2.99. The Hall–Kier alpha value is -3.66. The average Bonchev–Trinajstić information content (AvgIpc) is 3.36. The van der Waals surface area contributed by atoms with Crippen molar-refractivity contribution < 1.29 is 27.8 Å². The third kappa shape index (κ3) is 4.18. The number of pyridine rings is 1. The quantitative estimate of drug-likeness (QED) is 0.432. The lowest BCUT2D eigenvalue weighted by atomic mass is 10.2. The van der Waals surface area contributed by atoms with Crippen LogP contribution in [0.2, 0.25) is 0 Å². The number of hydrogen-bond donors (Lipinski definition) is 0. The second-order valence-electron chi connectivity index (χ2n) is 5.87. The summed E-state index contributed by atoms with van der Waals surface area (Å²) in [5.74, 6) is -0.706. The van der Waals surface area contributed by atoms with Crippen molar-refractivity contribution in [3.8, 4) is 22.2 Å². The molecule has 152 valence electrons. The number of benzene rings is 1. The average molecular weight is 429 g/mol. The highest BCUT2D eigenvalue weighted by Gasteiger charge is 2.25. The first-order chi connectivity index (χ1) is 14.5. The van der Waals surface area contributed by atoms with Crippen LogP contribution >= 0.6 is 11.3 Å². The molecule has 4 rings (SSSR count). The fraction of sp³-hybridized carbons (Fsp3) is 0.100. The van der Waals surface area contributed by atoms with Gasteiger partial charge in [0.2, 0.25) is 5.90 Å². The number of cyclic esters (lactones) is 1. The molecule has 0 atom stereocenters. The van der Waals surface area contributed by atoms with E-state index in [1.165, 1.54) is 42.7 Å². The van der Waals surface area contributed by atoms with Crippen LogP contribution in [0.25, 0.3) is 16.8 Å². The third-order valence-corrected chi connectivity index (χ3v) is 4.82. The fourth-order valence-corrected chi connectivity index (χ4v) is 3.38. The largest absolute Gasteiger partial charge is 0.493 e. The Kier molecular flexibility index (Phi) is 5.48. The Labute approximate surface area is 173 Å². The second-order valence-corrected chi connectivity index (χ2v) is 6.73. The number of carbonyl (C=O) groups is 1. The van der Waals surface area contributed by atoms with E-state index in [1.54, 1.807) is 11.6 Å². The molecule has 0 amide bonds. The van der Waals surface area contributed by atoms with Gasteiger partial charge in [-0.15, -0.1) is 11.3 Å².